The molecule has 1 heterocycles. The highest BCUT2D eigenvalue weighted by molar-refractivity contribution is 8.00. The van der Waals surface area contributed by atoms with Crippen LogP contribution in [0.3, 0.4) is 0 Å². The third-order valence-corrected chi connectivity index (χ3v) is 5.53. The second-order valence-corrected chi connectivity index (χ2v) is 7.46. The summed E-state index contributed by atoms with van der Waals surface area (Å²) >= 11 is 1.99. The Morgan fingerprint density at radius 3 is 2.86 bits per heavy atom. The Bertz CT molecular complexity index is 246. The number of nitrogens with one attached hydrogen (secondary N) is 1. The van der Waals surface area contributed by atoms with Crippen molar-refractivity contribution < 1.29 is 8.42 Å². The standard InChI is InChI=1S/C9H19NO2S2/c1-2-14(11,12)7-5-10-8-9-4-3-6-13-9/h9-10H,2-8H2,1H3. The molecule has 0 bridgehead atoms. The molecule has 1 saturated heterocycles. The van der Waals surface area contributed by atoms with Crippen LogP contribution in [0.15, 0.2) is 0 Å². The summed E-state index contributed by atoms with van der Waals surface area (Å²) in [5.74, 6) is 1.80. The van der Waals surface area contributed by atoms with Crippen LogP contribution in [0.4, 0.5) is 0 Å². The first kappa shape index (κ1) is 12.3. The molecule has 1 rings (SSSR count). The van der Waals surface area contributed by atoms with Crippen LogP contribution in [0.1, 0.15) is 19.8 Å². The first-order valence-electron chi connectivity index (χ1n) is 5.17. The maximum absolute atomic E-state index is 11.2. The van der Waals surface area contributed by atoms with Crippen molar-refractivity contribution in [1.29, 1.82) is 0 Å². The van der Waals surface area contributed by atoms with Crippen LogP contribution >= 0.6 is 11.8 Å². The van der Waals surface area contributed by atoms with E-state index in [-0.39, 0.29) is 11.5 Å². The van der Waals surface area contributed by atoms with Gasteiger partial charge in [0.1, 0.15) is 0 Å². The molecule has 0 aliphatic carbocycles. The molecule has 0 aromatic heterocycles. The highest BCUT2D eigenvalue weighted by Crippen LogP contribution is 2.24. The second kappa shape index (κ2) is 5.98. The van der Waals surface area contributed by atoms with Crippen molar-refractivity contribution >= 4 is 21.6 Å². The fraction of sp³-hybridized carbons (Fsp3) is 1.00. The molecule has 3 nitrogen and oxygen atoms in total. The van der Waals surface area contributed by atoms with Crippen molar-refractivity contribution in [2.75, 3.05) is 30.3 Å². The molecule has 0 spiro atoms. The van der Waals surface area contributed by atoms with E-state index in [1.54, 1.807) is 6.92 Å². The molecule has 0 radical (unpaired) electrons. The Labute approximate surface area is 91.0 Å². The van der Waals surface area contributed by atoms with Gasteiger partial charge >= 0.3 is 0 Å². The Hall–Kier alpha value is 0.260. The first-order chi connectivity index (χ1) is 6.64. The normalized spacial score (nSPS) is 22.8. The summed E-state index contributed by atoms with van der Waals surface area (Å²) < 4.78 is 22.3. The molecule has 1 aliphatic heterocycles. The van der Waals surface area contributed by atoms with Gasteiger partial charge in [-0.1, -0.05) is 6.92 Å². The minimum atomic E-state index is -2.78. The van der Waals surface area contributed by atoms with Crippen LogP contribution in [-0.4, -0.2) is 44.0 Å². The molecule has 1 aliphatic rings. The lowest BCUT2D eigenvalue weighted by Crippen LogP contribution is -2.28. The average Bonchev–Trinajstić information content (AvgIpc) is 2.65. The lowest BCUT2D eigenvalue weighted by molar-refractivity contribution is 0.590. The molecule has 14 heavy (non-hydrogen) atoms. The molecular formula is C9H19NO2S2. The van der Waals surface area contributed by atoms with Gasteiger partial charge in [0.15, 0.2) is 9.84 Å². The fourth-order valence-corrected chi connectivity index (χ4v) is 3.42. The number of thioether (sulfide) groups is 1. The van der Waals surface area contributed by atoms with E-state index in [0.29, 0.717) is 11.8 Å². The minimum Gasteiger partial charge on any atom is -0.315 e. The maximum atomic E-state index is 11.2. The Morgan fingerprint density at radius 2 is 2.29 bits per heavy atom. The van der Waals surface area contributed by atoms with E-state index in [2.05, 4.69) is 5.32 Å². The van der Waals surface area contributed by atoms with E-state index in [1.165, 1.54) is 18.6 Å². The molecule has 84 valence electrons. The van der Waals surface area contributed by atoms with Gasteiger partial charge in [0.05, 0.1) is 5.75 Å². The van der Waals surface area contributed by atoms with Crippen molar-refractivity contribution in [3.05, 3.63) is 0 Å². The van der Waals surface area contributed by atoms with Gasteiger partial charge < -0.3 is 5.32 Å². The molecule has 0 amide bonds. The van der Waals surface area contributed by atoms with Crippen molar-refractivity contribution in [3.63, 3.8) is 0 Å². The second-order valence-electron chi connectivity index (χ2n) is 3.58. The van der Waals surface area contributed by atoms with Gasteiger partial charge in [-0.2, -0.15) is 11.8 Å². The zero-order valence-electron chi connectivity index (χ0n) is 8.66. The summed E-state index contributed by atoms with van der Waals surface area (Å²) in [7, 11) is -2.78. The lowest BCUT2D eigenvalue weighted by Gasteiger charge is -2.09. The highest BCUT2D eigenvalue weighted by Gasteiger charge is 2.15. The van der Waals surface area contributed by atoms with Crippen molar-refractivity contribution in [1.82, 2.24) is 5.32 Å². The van der Waals surface area contributed by atoms with Crippen LogP contribution in [-0.2, 0) is 9.84 Å². The first-order valence-corrected chi connectivity index (χ1v) is 8.04. The maximum Gasteiger partial charge on any atom is 0.151 e. The highest BCUT2D eigenvalue weighted by atomic mass is 32.2. The van der Waals surface area contributed by atoms with Gasteiger partial charge in [0.25, 0.3) is 0 Å². The summed E-state index contributed by atoms with van der Waals surface area (Å²) in [6.07, 6.45) is 2.59. The summed E-state index contributed by atoms with van der Waals surface area (Å²) in [6, 6.07) is 0. The number of hydrogen-bond donors (Lipinski definition) is 1. The quantitative estimate of drug-likeness (QED) is 0.697. The molecule has 1 atom stereocenters. The molecule has 1 unspecified atom stereocenters. The van der Waals surface area contributed by atoms with Crippen molar-refractivity contribution in [3.8, 4) is 0 Å². The summed E-state index contributed by atoms with van der Waals surface area (Å²) in [4.78, 5) is 0. The van der Waals surface area contributed by atoms with Gasteiger partial charge in [-0.3, -0.25) is 0 Å². The predicted molar refractivity (Wildman–Crippen MR) is 62.7 cm³/mol. The van der Waals surface area contributed by atoms with Gasteiger partial charge in [-0.25, -0.2) is 8.42 Å². The molecule has 1 fully saturated rings. The smallest absolute Gasteiger partial charge is 0.151 e. The summed E-state index contributed by atoms with van der Waals surface area (Å²) in [5.41, 5.74) is 0. The monoisotopic (exact) mass is 237 g/mol. The third-order valence-electron chi connectivity index (χ3n) is 2.43. The van der Waals surface area contributed by atoms with E-state index in [0.717, 1.165) is 6.54 Å². The summed E-state index contributed by atoms with van der Waals surface area (Å²) in [5, 5.41) is 3.93. The van der Waals surface area contributed by atoms with Crippen molar-refractivity contribution in [2.24, 2.45) is 0 Å². The minimum absolute atomic E-state index is 0.257. The van der Waals surface area contributed by atoms with E-state index < -0.39 is 9.84 Å². The van der Waals surface area contributed by atoms with Gasteiger partial charge in [-0.05, 0) is 18.6 Å². The van der Waals surface area contributed by atoms with Crippen LogP contribution in [0, 0.1) is 0 Å². The van der Waals surface area contributed by atoms with Gasteiger partial charge in [-0.15, -0.1) is 0 Å². The molecular weight excluding hydrogens is 218 g/mol. The zero-order chi connectivity index (χ0) is 10.4. The number of sulfone groups is 1. The van der Waals surface area contributed by atoms with Crippen LogP contribution in [0.25, 0.3) is 0 Å². The third kappa shape index (κ3) is 4.66. The molecule has 5 heteroatoms. The predicted octanol–water partition coefficient (Wildman–Crippen LogP) is 0.906. The number of hydrogen-bond acceptors (Lipinski definition) is 4. The van der Waals surface area contributed by atoms with E-state index in [9.17, 15) is 8.42 Å². The Morgan fingerprint density at radius 1 is 1.50 bits per heavy atom. The zero-order valence-corrected chi connectivity index (χ0v) is 10.3. The van der Waals surface area contributed by atoms with E-state index in [4.69, 9.17) is 0 Å². The van der Waals surface area contributed by atoms with Gasteiger partial charge in [0, 0.05) is 24.1 Å². The van der Waals surface area contributed by atoms with E-state index in [1.807, 2.05) is 11.8 Å². The Kier molecular flexibility index (Phi) is 5.26. The van der Waals surface area contributed by atoms with Crippen LogP contribution < -0.4 is 5.32 Å². The molecule has 1 N–H and O–H groups in total. The molecule has 0 aromatic rings. The van der Waals surface area contributed by atoms with Crippen molar-refractivity contribution in [2.45, 2.75) is 25.0 Å². The van der Waals surface area contributed by atoms with E-state index >= 15 is 0 Å². The number of rotatable bonds is 6. The van der Waals surface area contributed by atoms with Crippen LogP contribution in [0.2, 0.25) is 0 Å². The SMILES string of the molecule is CCS(=O)(=O)CCNCC1CCCS1. The van der Waals surface area contributed by atoms with Gasteiger partial charge in [0.2, 0.25) is 0 Å². The fourth-order valence-electron chi connectivity index (χ4n) is 1.44. The molecule has 0 aromatic carbocycles. The summed E-state index contributed by atoms with van der Waals surface area (Å²) in [6.45, 7) is 3.26. The van der Waals surface area contributed by atoms with Crippen LogP contribution in [0.5, 0.6) is 0 Å². The molecule has 0 saturated carbocycles. The topological polar surface area (TPSA) is 46.2 Å². The largest absolute Gasteiger partial charge is 0.315 e. The lowest BCUT2D eigenvalue weighted by atomic mass is 10.2. The average molecular weight is 237 g/mol. The Balaban J connectivity index is 2.04.